The maximum atomic E-state index is 13.2. The van der Waals surface area contributed by atoms with Gasteiger partial charge in [0.25, 0.3) is 5.91 Å². The van der Waals surface area contributed by atoms with Gasteiger partial charge in [-0.2, -0.15) is 0 Å². The molecule has 2 aromatic carbocycles. The molecule has 7 nitrogen and oxygen atoms in total. The number of rotatable bonds is 6. The Labute approximate surface area is 187 Å². The van der Waals surface area contributed by atoms with Crippen molar-refractivity contribution in [3.8, 4) is 0 Å². The molecule has 166 valence electrons. The van der Waals surface area contributed by atoms with Gasteiger partial charge >= 0.3 is 0 Å². The van der Waals surface area contributed by atoms with Gasteiger partial charge in [0.15, 0.2) is 0 Å². The maximum absolute atomic E-state index is 13.2. The van der Waals surface area contributed by atoms with Gasteiger partial charge in [-0.1, -0.05) is 42.5 Å². The van der Waals surface area contributed by atoms with Gasteiger partial charge < -0.3 is 15.5 Å². The zero-order chi connectivity index (χ0) is 22.1. The molecule has 7 heteroatoms. The largest absolute Gasteiger partial charge is 0.322 e. The summed E-state index contributed by atoms with van der Waals surface area (Å²) >= 11 is 0. The number of piperidine rings is 1. The van der Waals surface area contributed by atoms with Crippen molar-refractivity contribution in [2.24, 2.45) is 0 Å². The second kappa shape index (κ2) is 8.84. The van der Waals surface area contributed by atoms with Crippen molar-refractivity contribution >= 4 is 17.7 Å². The first kappa shape index (κ1) is 20.8. The predicted molar refractivity (Wildman–Crippen MR) is 120 cm³/mol. The van der Waals surface area contributed by atoms with Crippen LogP contribution in [0, 0.1) is 0 Å². The topological polar surface area (TPSA) is 90.5 Å². The van der Waals surface area contributed by atoms with Crippen LogP contribution in [0.5, 0.6) is 0 Å². The van der Waals surface area contributed by atoms with Gasteiger partial charge in [0.2, 0.25) is 11.8 Å². The minimum absolute atomic E-state index is 0.116. The monoisotopic (exact) mass is 432 g/mol. The quantitative estimate of drug-likeness (QED) is 0.479. The van der Waals surface area contributed by atoms with E-state index < -0.39 is 6.04 Å². The predicted octanol–water partition coefficient (Wildman–Crippen LogP) is 1.81. The number of benzene rings is 2. The summed E-state index contributed by atoms with van der Waals surface area (Å²) in [5.41, 5.74) is 5.42. The van der Waals surface area contributed by atoms with Gasteiger partial charge in [-0.25, -0.2) is 0 Å². The highest BCUT2D eigenvalue weighted by molar-refractivity contribution is 6.05. The fourth-order valence-electron chi connectivity index (χ4n) is 5.16. The lowest BCUT2D eigenvalue weighted by molar-refractivity contribution is -0.136. The molecule has 0 saturated carbocycles. The Morgan fingerprint density at radius 1 is 1.00 bits per heavy atom. The van der Waals surface area contributed by atoms with Crippen LogP contribution < -0.4 is 16.0 Å². The van der Waals surface area contributed by atoms with Gasteiger partial charge in [0.1, 0.15) is 6.04 Å². The molecule has 0 radical (unpaired) electrons. The van der Waals surface area contributed by atoms with Crippen LogP contribution in [0.4, 0.5) is 0 Å². The van der Waals surface area contributed by atoms with Crippen molar-refractivity contribution in [1.29, 1.82) is 0 Å². The van der Waals surface area contributed by atoms with Crippen LogP contribution >= 0.6 is 0 Å². The molecule has 5 rings (SSSR count). The van der Waals surface area contributed by atoms with Crippen LogP contribution in [-0.2, 0) is 29.1 Å². The minimum atomic E-state index is -0.578. The van der Waals surface area contributed by atoms with E-state index in [-0.39, 0.29) is 24.1 Å². The third-order valence-corrected chi connectivity index (χ3v) is 6.78. The Balaban J connectivity index is 1.22. The van der Waals surface area contributed by atoms with E-state index in [1.54, 1.807) is 4.90 Å². The van der Waals surface area contributed by atoms with Gasteiger partial charge in [-0.15, -0.1) is 0 Å². The molecule has 3 amide bonds. The molecule has 0 aromatic heterocycles. The van der Waals surface area contributed by atoms with Gasteiger partial charge in [0.05, 0.1) is 0 Å². The average Bonchev–Trinajstić information content (AvgIpc) is 3.14. The van der Waals surface area contributed by atoms with E-state index in [1.165, 1.54) is 11.1 Å². The summed E-state index contributed by atoms with van der Waals surface area (Å²) in [7, 11) is 0. The summed E-state index contributed by atoms with van der Waals surface area (Å²) in [5, 5.41) is 9.47. The van der Waals surface area contributed by atoms with Crippen molar-refractivity contribution in [3.63, 3.8) is 0 Å². The second-order valence-corrected chi connectivity index (χ2v) is 8.77. The molecule has 2 unspecified atom stereocenters. The van der Waals surface area contributed by atoms with Crippen molar-refractivity contribution in [3.05, 3.63) is 70.3 Å². The van der Waals surface area contributed by atoms with E-state index in [9.17, 15) is 14.4 Å². The number of fused-ring (bicyclic) bond motifs is 2. The third-order valence-electron chi connectivity index (χ3n) is 6.78. The highest BCUT2D eigenvalue weighted by Crippen LogP contribution is 2.30. The fraction of sp³-hybridized carbons (Fsp3) is 0.400. The lowest BCUT2D eigenvalue weighted by atomic mass is 9.92. The number of hydrogen-bond acceptors (Lipinski definition) is 5. The molecule has 3 aliphatic heterocycles. The van der Waals surface area contributed by atoms with E-state index in [1.807, 2.05) is 18.2 Å². The summed E-state index contributed by atoms with van der Waals surface area (Å²) in [6, 6.07) is 14.3. The Morgan fingerprint density at radius 2 is 1.84 bits per heavy atom. The van der Waals surface area contributed by atoms with Crippen molar-refractivity contribution in [1.82, 2.24) is 20.9 Å². The standard InChI is InChI=1S/C25H28N4O3/c30-22-9-8-21(24(31)28-22)29-15-18-6-3-5-17(23(18)25(29)32)14-26-12-11-20-19-7-2-1-4-16(19)10-13-27-20/h1-7,20-21,26-27H,8-15H2,(H,28,30,31). The van der Waals surface area contributed by atoms with Crippen LogP contribution in [0.25, 0.3) is 0 Å². The first-order chi connectivity index (χ1) is 15.6. The summed E-state index contributed by atoms with van der Waals surface area (Å²) in [4.78, 5) is 38.5. The molecule has 3 aliphatic rings. The van der Waals surface area contributed by atoms with Gasteiger partial charge in [-0.3, -0.25) is 19.7 Å². The summed E-state index contributed by atoms with van der Waals surface area (Å²) < 4.78 is 0. The summed E-state index contributed by atoms with van der Waals surface area (Å²) in [6.45, 7) is 2.85. The Bertz CT molecular complexity index is 1070. The maximum Gasteiger partial charge on any atom is 0.255 e. The average molecular weight is 433 g/mol. The first-order valence-corrected chi connectivity index (χ1v) is 11.4. The molecular weight excluding hydrogens is 404 g/mol. The van der Waals surface area contributed by atoms with Crippen molar-refractivity contribution in [2.75, 3.05) is 13.1 Å². The molecule has 0 aliphatic carbocycles. The molecule has 3 N–H and O–H groups in total. The highest BCUT2D eigenvalue weighted by Gasteiger charge is 2.39. The van der Waals surface area contributed by atoms with E-state index in [4.69, 9.17) is 0 Å². The molecule has 3 heterocycles. The van der Waals surface area contributed by atoms with Crippen LogP contribution in [-0.4, -0.2) is 41.8 Å². The normalized spacial score (nSPS) is 22.5. The van der Waals surface area contributed by atoms with Crippen LogP contribution in [0.2, 0.25) is 0 Å². The molecule has 2 atom stereocenters. The number of carbonyl (C=O) groups excluding carboxylic acids is 3. The van der Waals surface area contributed by atoms with Crippen molar-refractivity contribution < 1.29 is 14.4 Å². The second-order valence-electron chi connectivity index (χ2n) is 8.77. The summed E-state index contributed by atoms with van der Waals surface area (Å²) in [6.07, 6.45) is 2.70. The Morgan fingerprint density at radius 3 is 2.72 bits per heavy atom. The minimum Gasteiger partial charge on any atom is -0.322 e. The molecule has 0 spiro atoms. The van der Waals surface area contributed by atoms with Crippen LogP contribution in [0.3, 0.4) is 0 Å². The molecule has 32 heavy (non-hydrogen) atoms. The molecule has 2 aromatic rings. The number of nitrogens with one attached hydrogen (secondary N) is 3. The molecular formula is C25H28N4O3. The smallest absolute Gasteiger partial charge is 0.255 e. The van der Waals surface area contributed by atoms with Crippen LogP contribution in [0.15, 0.2) is 42.5 Å². The van der Waals surface area contributed by atoms with Crippen LogP contribution in [0.1, 0.15) is 57.9 Å². The molecule has 1 fully saturated rings. The van der Waals surface area contributed by atoms with E-state index in [0.717, 1.165) is 37.1 Å². The number of imide groups is 1. The molecule has 0 bridgehead atoms. The fourth-order valence-corrected chi connectivity index (χ4v) is 5.16. The van der Waals surface area contributed by atoms with Crippen molar-refractivity contribution in [2.45, 2.75) is 50.9 Å². The zero-order valence-corrected chi connectivity index (χ0v) is 18.0. The number of nitrogens with zero attached hydrogens (tertiary/aromatic N) is 1. The third kappa shape index (κ3) is 3.94. The van der Waals surface area contributed by atoms with E-state index in [2.05, 4.69) is 40.2 Å². The van der Waals surface area contributed by atoms with E-state index in [0.29, 0.717) is 31.1 Å². The van der Waals surface area contributed by atoms with Gasteiger partial charge in [0, 0.05) is 31.1 Å². The number of hydrogen-bond donors (Lipinski definition) is 3. The summed E-state index contributed by atoms with van der Waals surface area (Å²) in [5.74, 6) is -0.757. The lowest BCUT2D eigenvalue weighted by Crippen LogP contribution is -2.52. The first-order valence-electron chi connectivity index (χ1n) is 11.4. The SMILES string of the molecule is O=C1CCC(N2Cc3cccc(CNCCC4NCCc5ccccc54)c3C2=O)C(=O)N1. The van der Waals surface area contributed by atoms with Gasteiger partial charge in [-0.05, 0) is 54.6 Å². The number of amides is 3. The zero-order valence-electron chi connectivity index (χ0n) is 18.0. The molecule has 1 saturated heterocycles. The highest BCUT2D eigenvalue weighted by atomic mass is 16.2. The van der Waals surface area contributed by atoms with E-state index >= 15 is 0 Å². The number of carbonyl (C=O) groups is 3. The lowest BCUT2D eigenvalue weighted by Gasteiger charge is -2.29. The Kier molecular flexibility index (Phi) is 5.76. The Hall–Kier alpha value is -3.03.